The van der Waals surface area contributed by atoms with Crippen molar-refractivity contribution in [3.8, 4) is 5.75 Å². The van der Waals surface area contributed by atoms with E-state index in [1.54, 1.807) is 0 Å². The molecule has 2 rings (SSSR count). The zero-order valence-corrected chi connectivity index (χ0v) is 14.8. The summed E-state index contributed by atoms with van der Waals surface area (Å²) in [7, 11) is 0. The highest BCUT2D eigenvalue weighted by molar-refractivity contribution is 5.79. The summed E-state index contributed by atoms with van der Waals surface area (Å²) in [6.07, 6.45) is 2.59. The lowest BCUT2D eigenvalue weighted by Gasteiger charge is -2.27. The van der Waals surface area contributed by atoms with Crippen LogP contribution in [-0.2, 0) is 10.3 Å². The van der Waals surface area contributed by atoms with Gasteiger partial charge in [-0.05, 0) is 62.8 Å². The predicted molar refractivity (Wildman–Crippen MR) is 93.5 cm³/mol. The van der Waals surface area contributed by atoms with Crippen LogP contribution in [0.15, 0.2) is 24.3 Å². The summed E-state index contributed by atoms with van der Waals surface area (Å²) in [5.74, 6) is 2.20. The van der Waals surface area contributed by atoms with Gasteiger partial charge in [0.15, 0.2) is 0 Å². The van der Waals surface area contributed by atoms with E-state index < -0.39 is 5.54 Å². The van der Waals surface area contributed by atoms with E-state index in [4.69, 9.17) is 4.74 Å². The molecule has 0 unspecified atom stereocenters. The molecule has 0 radical (unpaired) electrons. The van der Waals surface area contributed by atoms with E-state index in [0.717, 1.165) is 23.8 Å². The molecule has 0 saturated heterocycles. The molecular formula is C19H30N2O2. The highest BCUT2D eigenvalue weighted by Gasteiger charge is 2.24. The second-order valence-electron chi connectivity index (χ2n) is 7.48. The van der Waals surface area contributed by atoms with Crippen molar-refractivity contribution in [2.45, 2.75) is 46.1 Å². The number of hydrogen-bond donors (Lipinski definition) is 2. The molecule has 1 saturated carbocycles. The Balaban J connectivity index is 1.83. The van der Waals surface area contributed by atoms with E-state index in [1.807, 2.05) is 38.1 Å². The number of benzene rings is 1. The Morgan fingerprint density at radius 2 is 1.91 bits per heavy atom. The average molecular weight is 318 g/mol. The Labute approximate surface area is 140 Å². The molecule has 1 aromatic carbocycles. The van der Waals surface area contributed by atoms with Gasteiger partial charge in [0.1, 0.15) is 5.75 Å². The maximum atomic E-state index is 12.1. The van der Waals surface area contributed by atoms with Crippen molar-refractivity contribution in [2.75, 3.05) is 19.7 Å². The van der Waals surface area contributed by atoms with E-state index in [-0.39, 0.29) is 5.91 Å². The zero-order chi connectivity index (χ0) is 16.9. The normalized spacial score (nSPS) is 14.8. The van der Waals surface area contributed by atoms with Gasteiger partial charge in [-0.25, -0.2) is 0 Å². The molecule has 1 fully saturated rings. The van der Waals surface area contributed by atoms with Crippen molar-refractivity contribution in [1.29, 1.82) is 0 Å². The van der Waals surface area contributed by atoms with E-state index in [2.05, 4.69) is 24.5 Å². The number of amides is 1. The van der Waals surface area contributed by atoms with E-state index >= 15 is 0 Å². The number of ether oxygens (including phenoxy) is 1. The zero-order valence-electron chi connectivity index (χ0n) is 14.8. The summed E-state index contributed by atoms with van der Waals surface area (Å²) in [5.41, 5.74) is 0.680. The molecule has 0 heterocycles. The van der Waals surface area contributed by atoms with Crippen molar-refractivity contribution in [1.82, 2.24) is 10.6 Å². The second kappa shape index (κ2) is 7.82. The molecule has 128 valence electrons. The van der Waals surface area contributed by atoms with Gasteiger partial charge in [-0.2, -0.15) is 0 Å². The first kappa shape index (κ1) is 17.8. The van der Waals surface area contributed by atoms with Gasteiger partial charge in [-0.15, -0.1) is 0 Å². The van der Waals surface area contributed by atoms with Crippen LogP contribution >= 0.6 is 0 Å². The fraction of sp³-hybridized carbons (Fsp3) is 0.632. The van der Waals surface area contributed by atoms with Crippen LogP contribution in [-0.4, -0.2) is 25.6 Å². The van der Waals surface area contributed by atoms with Crippen molar-refractivity contribution in [3.05, 3.63) is 29.8 Å². The smallest absolute Gasteiger partial charge is 0.234 e. The van der Waals surface area contributed by atoms with Crippen LogP contribution in [0.3, 0.4) is 0 Å². The Hall–Kier alpha value is -1.55. The molecule has 1 aliphatic rings. The minimum Gasteiger partial charge on any atom is -0.493 e. The molecule has 1 amide bonds. The molecule has 2 N–H and O–H groups in total. The summed E-state index contributed by atoms with van der Waals surface area (Å²) >= 11 is 0. The molecule has 4 heteroatoms. The van der Waals surface area contributed by atoms with Gasteiger partial charge in [0.2, 0.25) is 5.91 Å². The highest BCUT2D eigenvalue weighted by atomic mass is 16.5. The van der Waals surface area contributed by atoms with E-state index in [9.17, 15) is 4.79 Å². The molecular weight excluding hydrogens is 288 g/mol. The topological polar surface area (TPSA) is 50.4 Å². The second-order valence-corrected chi connectivity index (χ2v) is 7.48. The highest BCUT2D eigenvalue weighted by Crippen LogP contribution is 2.27. The van der Waals surface area contributed by atoms with Crippen LogP contribution < -0.4 is 15.4 Å². The van der Waals surface area contributed by atoms with Crippen molar-refractivity contribution in [2.24, 2.45) is 11.8 Å². The summed E-state index contributed by atoms with van der Waals surface area (Å²) in [4.78, 5) is 12.1. The maximum absolute atomic E-state index is 12.1. The standard InChI is InChI=1S/C19H30N2O2/c1-14(2)13-23-17-9-7-16(8-10-17)19(3,4)21-18(22)12-20-11-15-5-6-15/h7-10,14-15,20H,5-6,11-13H2,1-4H3,(H,21,22). The van der Waals surface area contributed by atoms with Gasteiger partial charge in [0, 0.05) is 0 Å². The monoisotopic (exact) mass is 318 g/mol. The van der Waals surface area contributed by atoms with Crippen molar-refractivity contribution < 1.29 is 9.53 Å². The predicted octanol–water partition coefficient (Wildman–Crippen LogP) is 3.07. The van der Waals surface area contributed by atoms with Crippen LogP contribution in [0.5, 0.6) is 5.75 Å². The summed E-state index contributed by atoms with van der Waals surface area (Å²) in [6.45, 7) is 10.4. The average Bonchev–Trinajstić information content (AvgIpc) is 3.29. The van der Waals surface area contributed by atoms with E-state index in [0.29, 0.717) is 19.1 Å². The van der Waals surface area contributed by atoms with E-state index in [1.165, 1.54) is 12.8 Å². The third-order valence-electron chi connectivity index (χ3n) is 4.03. The SMILES string of the molecule is CC(C)COc1ccc(C(C)(C)NC(=O)CNCC2CC2)cc1. The Bertz CT molecular complexity index is 505. The first-order chi connectivity index (χ1) is 10.9. The number of hydrogen-bond acceptors (Lipinski definition) is 3. The third kappa shape index (κ3) is 6.22. The Morgan fingerprint density at radius 1 is 1.26 bits per heavy atom. The fourth-order valence-electron chi connectivity index (χ4n) is 2.41. The molecule has 1 aliphatic carbocycles. The minimum atomic E-state index is -0.394. The number of nitrogens with one attached hydrogen (secondary N) is 2. The molecule has 0 bridgehead atoms. The lowest BCUT2D eigenvalue weighted by molar-refractivity contribution is -0.121. The molecule has 4 nitrogen and oxygen atoms in total. The van der Waals surface area contributed by atoms with Gasteiger partial charge >= 0.3 is 0 Å². The lowest BCUT2D eigenvalue weighted by Crippen LogP contribution is -2.45. The van der Waals surface area contributed by atoms with Crippen LogP contribution in [0.25, 0.3) is 0 Å². The van der Waals surface area contributed by atoms with Crippen LogP contribution in [0.2, 0.25) is 0 Å². The Kier molecular flexibility index (Phi) is 6.05. The van der Waals surface area contributed by atoms with Crippen LogP contribution in [0.1, 0.15) is 46.1 Å². The fourth-order valence-corrected chi connectivity index (χ4v) is 2.41. The van der Waals surface area contributed by atoms with Gasteiger partial charge in [-0.3, -0.25) is 4.79 Å². The number of rotatable bonds is 9. The molecule has 0 spiro atoms. The molecule has 0 aliphatic heterocycles. The largest absolute Gasteiger partial charge is 0.493 e. The van der Waals surface area contributed by atoms with Gasteiger partial charge in [0.25, 0.3) is 0 Å². The molecule has 1 aromatic rings. The third-order valence-corrected chi connectivity index (χ3v) is 4.03. The molecule has 0 atom stereocenters. The molecule has 23 heavy (non-hydrogen) atoms. The summed E-state index contributed by atoms with van der Waals surface area (Å²) < 4.78 is 5.70. The lowest BCUT2D eigenvalue weighted by atomic mass is 9.94. The van der Waals surface area contributed by atoms with Crippen LogP contribution in [0.4, 0.5) is 0 Å². The van der Waals surface area contributed by atoms with Crippen molar-refractivity contribution in [3.63, 3.8) is 0 Å². The maximum Gasteiger partial charge on any atom is 0.234 e. The summed E-state index contributed by atoms with van der Waals surface area (Å²) in [6, 6.07) is 7.98. The molecule has 0 aromatic heterocycles. The van der Waals surface area contributed by atoms with Gasteiger partial charge in [0.05, 0.1) is 18.7 Å². The summed E-state index contributed by atoms with van der Waals surface area (Å²) in [5, 5.41) is 6.32. The Morgan fingerprint density at radius 3 is 2.48 bits per heavy atom. The van der Waals surface area contributed by atoms with Gasteiger partial charge in [-0.1, -0.05) is 26.0 Å². The number of carbonyl (C=O) groups is 1. The number of carbonyl (C=O) groups excluding carboxylic acids is 1. The van der Waals surface area contributed by atoms with Gasteiger partial charge < -0.3 is 15.4 Å². The first-order valence-electron chi connectivity index (χ1n) is 8.62. The van der Waals surface area contributed by atoms with Crippen LogP contribution in [0, 0.1) is 11.8 Å². The van der Waals surface area contributed by atoms with Crippen molar-refractivity contribution >= 4 is 5.91 Å². The quantitative estimate of drug-likeness (QED) is 0.736. The minimum absolute atomic E-state index is 0.0378. The first-order valence-corrected chi connectivity index (χ1v) is 8.62.